The van der Waals surface area contributed by atoms with E-state index >= 15 is 0 Å². The number of benzene rings is 2. The van der Waals surface area contributed by atoms with Crippen molar-refractivity contribution in [2.24, 2.45) is 0 Å². The van der Waals surface area contributed by atoms with E-state index in [0.717, 1.165) is 6.07 Å². The van der Waals surface area contributed by atoms with Crippen LogP contribution in [0, 0.1) is 5.82 Å². The Labute approximate surface area is 130 Å². The van der Waals surface area contributed by atoms with Gasteiger partial charge >= 0.3 is 0 Å². The standard InChI is InChI=1S/C14H11Cl2FN2O2/c1-21-12-4-7(17)2-3-11(12)19-14(20)9-5-8(18)6-10(15)13(9)16/h2-6H,18H2,1H3,(H,19,20). The molecule has 0 aliphatic heterocycles. The van der Waals surface area contributed by atoms with Crippen LogP contribution in [0.1, 0.15) is 10.4 Å². The average Bonchev–Trinajstić information content (AvgIpc) is 2.44. The Morgan fingerprint density at radius 1 is 1.29 bits per heavy atom. The fraction of sp³-hybridized carbons (Fsp3) is 0.0714. The third-order valence-corrected chi connectivity index (χ3v) is 3.51. The van der Waals surface area contributed by atoms with Gasteiger partial charge in [-0.05, 0) is 24.3 Å². The number of ether oxygens (including phenoxy) is 1. The number of nitrogens with two attached hydrogens (primary N) is 1. The van der Waals surface area contributed by atoms with Crippen LogP contribution < -0.4 is 15.8 Å². The molecule has 0 bridgehead atoms. The first-order valence-electron chi connectivity index (χ1n) is 5.81. The zero-order chi connectivity index (χ0) is 15.6. The van der Waals surface area contributed by atoms with Gasteiger partial charge in [0.25, 0.3) is 5.91 Å². The predicted octanol–water partition coefficient (Wildman–Crippen LogP) is 3.98. The molecule has 2 aromatic carbocycles. The van der Waals surface area contributed by atoms with Crippen LogP contribution in [0.2, 0.25) is 10.0 Å². The lowest BCUT2D eigenvalue weighted by molar-refractivity contribution is 0.102. The Kier molecular flexibility index (Phi) is 4.55. The van der Waals surface area contributed by atoms with E-state index in [2.05, 4.69) is 5.32 Å². The molecule has 0 spiro atoms. The smallest absolute Gasteiger partial charge is 0.257 e. The van der Waals surface area contributed by atoms with Gasteiger partial charge in [-0.25, -0.2) is 4.39 Å². The summed E-state index contributed by atoms with van der Waals surface area (Å²) in [4.78, 5) is 12.2. The molecule has 4 nitrogen and oxygen atoms in total. The first-order valence-corrected chi connectivity index (χ1v) is 6.57. The number of methoxy groups -OCH3 is 1. The minimum atomic E-state index is -0.529. The van der Waals surface area contributed by atoms with Crippen molar-refractivity contribution in [2.75, 3.05) is 18.2 Å². The van der Waals surface area contributed by atoms with E-state index < -0.39 is 11.7 Å². The molecule has 1 amide bonds. The van der Waals surface area contributed by atoms with Crippen LogP contribution in [0.5, 0.6) is 5.75 Å². The van der Waals surface area contributed by atoms with Crippen LogP contribution >= 0.6 is 23.2 Å². The number of anilines is 2. The lowest BCUT2D eigenvalue weighted by Crippen LogP contribution is -2.14. The summed E-state index contributed by atoms with van der Waals surface area (Å²) in [6.45, 7) is 0. The van der Waals surface area contributed by atoms with Crippen LogP contribution in [0.25, 0.3) is 0 Å². The summed E-state index contributed by atoms with van der Waals surface area (Å²) < 4.78 is 18.1. The number of hydrogen-bond acceptors (Lipinski definition) is 3. The van der Waals surface area contributed by atoms with E-state index in [0.29, 0.717) is 11.4 Å². The molecule has 7 heteroatoms. The molecule has 2 rings (SSSR count). The number of halogens is 3. The van der Waals surface area contributed by atoms with E-state index in [9.17, 15) is 9.18 Å². The van der Waals surface area contributed by atoms with Gasteiger partial charge in [0.1, 0.15) is 11.6 Å². The van der Waals surface area contributed by atoms with Gasteiger partial charge in [0.15, 0.2) is 0 Å². The number of nitrogen functional groups attached to an aromatic ring is 1. The maximum Gasteiger partial charge on any atom is 0.257 e. The second kappa shape index (κ2) is 6.20. The summed E-state index contributed by atoms with van der Waals surface area (Å²) in [7, 11) is 1.37. The SMILES string of the molecule is COc1cc(F)ccc1NC(=O)c1cc(N)cc(Cl)c1Cl. The zero-order valence-electron chi connectivity index (χ0n) is 10.9. The van der Waals surface area contributed by atoms with E-state index in [1.807, 2.05) is 0 Å². The number of rotatable bonds is 3. The van der Waals surface area contributed by atoms with E-state index in [1.165, 1.54) is 31.4 Å². The summed E-state index contributed by atoms with van der Waals surface area (Å²) in [5, 5.41) is 2.83. The van der Waals surface area contributed by atoms with Crippen LogP contribution in [0.4, 0.5) is 15.8 Å². The monoisotopic (exact) mass is 328 g/mol. The number of carbonyl (C=O) groups is 1. The molecule has 0 fully saturated rings. The third kappa shape index (κ3) is 3.37. The van der Waals surface area contributed by atoms with Crippen LogP contribution in [0.15, 0.2) is 30.3 Å². The molecule has 110 valence electrons. The van der Waals surface area contributed by atoms with Crippen molar-refractivity contribution in [3.05, 3.63) is 51.8 Å². The molecule has 21 heavy (non-hydrogen) atoms. The van der Waals surface area contributed by atoms with Gasteiger partial charge in [-0.15, -0.1) is 0 Å². The molecule has 0 unspecified atom stereocenters. The van der Waals surface area contributed by atoms with Crippen molar-refractivity contribution >= 4 is 40.5 Å². The Balaban J connectivity index is 2.35. The topological polar surface area (TPSA) is 64.3 Å². The van der Waals surface area contributed by atoms with E-state index in [4.69, 9.17) is 33.7 Å². The fourth-order valence-corrected chi connectivity index (χ4v) is 2.16. The summed E-state index contributed by atoms with van der Waals surface area (Å²) in [6, 6.07) is 6.59. The van der Waals surface area contributed by atoms with Gasteiger partial charge in [0, 0.05) is 11.8 Å². The number of nitrogens with one attached hydrogen (secondary N) is 1. The second-order valence-corrected chi connectivity index (χ2v) is 4.95. The molecule has 0 saturated heterocycles. The van der Waals surface area contributed by atoms with Gasteiger partial charge in [-0.1, -0.05) is 23.2 Å². The van der Waals surface area contributed by atoms with Crippen molar-refractivity contribution in [2.45, 2.75) is 0 Å². The molecule has 0 aromatic heterocycles. The van der Waals surface area contributed by atoms with Crippen molar-refractivity contribution in [3.8, 4) is 5.75 Å². The minimum Gasteiger partial charge on any atom is -0.494 e. The van der Waals surface area contributed by atoms with Gasteiger partial charge in [0.2, 0.25) is 0 Å². The first-order chi connectivity index (χ1) is 9.92. The highest BCUT2D eigenvalue weighted by Crippen LogP contribution is 2.31. The second-order valence-electron chi connectivity index (χ2n) is 4.16. The normalized spacial score (nSPS) is 10.3. The Morgan fingerprint density at radius 3 is 2.67 bits per heavy atom. The fourth-order valence-electron chi connectivity index (χ4n) is 1.73. The molecule has 0 saturated carbocycles. The first kappa shape index (κ1) is 15.4. The summed E-state index contributed by atoms with van der Waals surface area (Å²) in [6.07, 6.45) is 0. The molecule has 0 aliphatic rings. The lowest BCUT2D eigenvalue weighted by atomic mass is 10.1. The molecule has 3 N–H and O–H groups in total. The highest BCUT2D eigenvalue weighted by atomic mass is 35.5. The van der Waals surface area contributed by atoms with Crippen molar-refractivity contribution in [3.63, 3.8) is 0 Å². The largest absolute Gasteiger partial charge is 0.494 e. The molecular formula is C14H11Cl2FN2O2. The van der Waals surface area contributed by atoms with E-state index in [1.54, 1.807) is 0 Å². The van der Waals surface area contributed by atoms with Gasteiger partial charge in [-0.2, -0.15) is 0 Å². The van der Waals surface area contributed by atoms with Crippen LogP contribution in [-0.2, 0) is 0 Å². The molecule has 0 atom stereocenters. The third-order valence-electron chi connectivity index (χ3n) is 2.71. The predicted molar refractivity (Wildman–Crippen MR) is 81.8 cm³/mol. The number of amides is 1. The Bertz CT molecular complexity index is 708. The Hall–Kier alpha value is -1.98. The van der Waals surface area contributed by atoms with Crippen molar-refractivity contribution < 1.29 is 13.9 Å². The summed E-state index contributed by atoms with van der Waals surface area (Å²) in [5.74, 6) is -0.816. The van der Waals surface area contributed by atoms with Crippen molar-refractivity contribution in [1.29, 1.82) is 0 Å². The molecule has 0 aliphatic carbocycles. The van der Waals surface area contributed by atoms with Gasteiger partial charge in [0.05, 0.1) is 28.4 Å². The average molecular weight is 329 g/mol. The number of carbonyl (C=O) groups excluding carboxylic acids is 1. The molecule has 0 heterocycles. The van der Waals surface area contributed by atoms with Crippen LogP contribution in [0.3, 0.4) is 0 Å². The van der Waals surface area contributed by atoms with Gasteiger partial charge in [-0.3, -0.25) is 4.79 Å². The van der Waals surface area contributed by atoms with Crippen LogP contribution in [-0.4, -0.2) is 13.0 Å². The molecular weight excluding hydrogens is 318 g/mol. The summed E-state index contributed by atoms with van der Waals surface area (Å²) in [5.41, 5.74) is 6.37. The molecule has 0 radical (unpaired) electrons. The zero-order valence-corrected chi connectivity index (χ0v) is 12.4. The maximum absolute atomic E-state index is 13.1. The highest BCUT2D eigenvalue weighted by molar-refractivity contribution is 6.44. The highest BCUT2D eigenvalue weighted by Gasteiger charge is 2.16. The minimum absolute atomic E-state index is 0.0874. The maximum atomic E-state index is 13.1. The number of hydrogen-bond donors (Lipinski definition) is 2. The lowest BCUT2D eigenvalue weighted by Gasteiger charge is -2.12. The quantitative estimate of drug-likeness (QED) is 0.837. The molecule has 2 aromatic rings. The van der Waals surface area contributed by atoms with Crippen molar-refractivity contribution in [1.82, 2.24) is 0 Å². The van der Waals surface area contributed by atoms with E-state index in [-0.39, 0.29) is 21.4 Å². The van der Waals surface area contributed by atoms with Gasteiger partial charge < -0.3 is 15.8 Å². The Morgan fingerprint density at radius 2 is 2.00 bits per heavy atom. The summed E-state index contributed by atoms with van der Waals surface area (Å²) >= 11 is 11.9.